The summed E-state index contributed by atoms with van der Waals surface area (Å²) in [6, 6.07) is 10.4. The molecular formula is C19H21Cl2N3O3. The molecule has 2 aromatic carbocycles. The largest absolute Gasteiger partial charge is 0.392 e. The van der Waals surface area contributed by atoms with Crippen molar-refractivity contribution in [1.82, 2.24) is 4.90 Å². The fraction of sp³-hybridized carbons (Fsp3) is 0.368. The zero-order valence-corrected chi connectivity index (χ0v) is 16.2. The SMILES string of the molecule is O=[N+]([O-])c1ccc(CO)cc1NC1CCN(Cc2cc(Cl)cc(Cl)c2)CC1. The molecule has 0 radical (unpaired) electrons. The summed E-state index contributed by atoms with van der Waals surface area (Å²) >= 11 is 12.1. The van der Waals surface area contributed by atoms with Crippen LogP contribution in [0.2, 0.25) is 10.0 Å². The molecule has 0 amide bonds. The highest BCUT2D eigenvalue weighted by atomic mass is 35.5. The van der Waals surface area contributed by atoms with Crippen molar-refractivity contribution in [3.63, 3.8) is 0 Å². The number of likely N-dealkylation sites (tertiary alicyclic amines) is 1. The molecular weight excluding hydrogens is 389 g/mol. The lowest BCUT2D eigenvalue weighted by atomic mass is 10.0. The van der Waals surface area contributed by atoms with Gasteiger partial charge in [0.2, 0.25) is 0 Å². The number of nitro groups is 1. The van der Waals surface area contributed by atoms with E-state index in [1.807, 2.05) is 12.1 Å². The molecule has 144 valence electrons. The number of nitro benzene ring substituents is 1. The van der Waals surface area contributed by atoms with Gasteiger partial charge in [-0.3, -0.25) is 15.0 Å². The van der Waals surface area contributed by atoms with Crippen LogP contribution in [0.15, 0.2) is 36.4 Å². The molecule has 1 saturated heterocycles. The van der Waals surface area contributed by atoms with Gasteiger partial charge in [-0.2, -0.15) is 0 Å². The smallest absolute Gasteiger partial charge is 0.292 e. The summed E-state index contributed by atoms with van der Waals surface area (Å²) in [5, 5.41) is 25.1. The van der Waals surface area contributed by atoms with Crippen LogP contribution in [0, 0.1) is 10.1 Å². The van der Waals surface area contributed by atoms with Crippen LogP contribution in [-0.2, 0) is 13.2 Å². The van der Waals surface area contributed by atoms with Gasteiger partial charge in [-0.25, -0.2) is 0 Å². The second-order valence-electron chi connectivity index (χ2n) is 6.74. The summed E-state index contributed by atoms with van der Waals surface area (Å²) in [4.78, 5) is 13.2. The van der Waals surface area contributed by atoms with Gasteiger partial charge in [0.25, 0.3) is 5.69 Å². The van der Waals surface area contributed by atoms with E-state index < -0.39 is 4.92 Å². The molecule has 8 heteroatoms. The first kappa shape index (κ1) is 19.9. The van der Waals surface area contributed by atoms with Crippen molar-refractivity contribution in [2.45, 2.75) is 32.0 Å². The molecule has 1 heterocycles. The van der Waals surface area contributed by atoms with Gasteiger partial charge in [0.1, 0.15) is 5.69 Å². The molecule has 0 unspecified atom stereocenters. The van der Waals surface area contributed by atoms with Crippen LogP contribution in [0.4, 0.5) is 11.4 Å². The number of nitrogens with one attached hydrogen (secondary N) is 1. The van der Waals surface area contributed by atoms with Crippen molar-refractivity contribution in [3.05, 3.63) is 67.7 Å². The predicted octanol–water partition coefficient (Wildman–Crippen LogP) is 4.47. The minimum absolute atomic E-state index is 0.0307. The Hall–Kier alpha value is -1.86. The summed E-state index contributed by atoms with van der Waals surface area (Å²) in [5.41, 5.74) is 2.22. The Balaban J connectivity index is 1.60. The molecule has 0 bridgehead atoms. The van der Waals surface area contributed by atoms with Crippen LogP contribution in [-0.4, -0.2) is 34.1 Å². The third kappa shape index (κ3) is 5.32. The molecule has 1 aliphatic rings. The first-order chi connectivity index (χ1) is 12.9. The average molecular weight is 410 g/mol. The van der Waals surface area contributed by atoms with E-state index in [1.165, 1.54) is 6.07 Å². The number of rotatable bonds is 6. The average Bonchev–Trinajstić information content (AvgIpc) is 2.62. The molecule has 0 aromatic heterocycles. The number of benzene rings is 2. The molecule has 2 aromatic rings. The molecule has 6 nitrogen and oxygen atoms in total. The van der Waals surface area contributed by atoms with Gasteiger partial charge in [0.15, 0.2) is 0 Å². The van der Waals surface area contributed by atoms with Crippen LogP contribution in [0.1, 0.15) is 24.0 Å². The molecule has 0 aliphatic carbocycles. The van der Waals surface area contributed by atoms with Crippen molar-refractivity contribution in [2.24, 2.45) is 0 Å². The van der Waals surface area contributed by atoms with Gasteiger partial charge in [-0.1, -0.05) is 23.2 Å². The Kier molecular flexibility index (Phi) is 6.55. The first-order valence-corrected chi connectivity index (χ1v) is 9.52. The lowest BCUT2D eigenvalue weighted by molar-refractivity contribution is -0.384. The van der Waals surface area contributed by atoms with Gasteiger partial charge >= 0.3 is 0 Å². The van der Waals surface area contributed by atoms with E-state index in [2.05, 4.69) is 10.2 Å². The number of aliphatic hydroxyl groups excluding tert-OH is 1. The number of piperidine rings is 1. The number of anilines is 1. The van der Waals surface area contributed by atoms with Crippen molar-refractivity contribution in [2.75, 3.05) is 18.4 Å². The lowest BCUT2D eigenvalue weighted by Gasteiger charge is -2.33. The van der Waals surface area contributed by atoms with E-state index in [-0.39, 0.29) is 18.3 Å². The molecule has 27 heavy (non-hydrogen) atoms. The molecule has 3 rings (SSSR count). The van der Waals surface area contributed by atoms with E-state index in [0.29, 0.717) is 21.3 Å². The van der Waals surface area contributed by atoms with Crippen LogP contribution < -0.4 is 5.32 Å². The number of aliphatic hydroxyl groups is 1. The van der Waals surface area contributed by atoms with E-state index in [4.69, 9.17) is 23.2 Å². The molecule has 0 spiro atoms. The summed E-state index contributed by atoms with van der Waals surface area (Å²) in [7, 11) is 0. The molecule has 2 N–H and O–H groups in total. The first-order valence-electron chi connectivity index (χ1n) is 8.76. The second-order valence-corrected chi connectivity index (χ2v) is 7.61. The van der Waals surface area contributed by atoms with Crippen LogP contribution in [0.5, 0.6) is 0 Å². The van der Waals surface area contributed by atoms with E-state index >= 15 is 0 Å². The lowest BCUT2D eigenvalue weighted by Crippen LogP contribution is -2.38. The monoisotopic (exact) mass is 409 g/mol. The van der Waals surface area contributed by atoms with Crippen molar-refractivity contribution >= 4 is 34.6 Å². The Morgan fingerprint density at radius 2 is 1.78 bits per heavy atom. The maximum atomic E-state index is 11.2. The fourth-order valence-corrected chi connectivity index (χ4v) is 3.94. The highest BCUT2D eigenvalue weighted by Crippen LogP contribution is 2.28. The summed E-state index contributed by atoms with van der Waals surface area (Å²) in [6.07, 6.45) is 1.74. The summed E-state index contributed by atoms with van der Waals surface area (Å²) < 4.78 is 0. The van der Waals surface area contributed by atoms with Crippen LogP contribution in [0.3, 0.4) is 0 Å². The third-order valence-corrected chi connectivity index (χ3v) is 5.15. The topological polar surface area (TPSA) is 78.6 Å². The standard InChI is InChI=1S/C19H21Cl2N3O3/c20-15-7-14(8-16(21)10-15)11-23-5-3-17(4-6-23)22-18-9-13(12-25)1-2-19(18)24(26)27/h1-2,7-10,17,22,25H,3-6,11-12H2. The van der Waals surface area contributed by atoms with Crippen LogP contribution in [0.25, 0.3) is 0 Å². The maximum absolute atomic E-state index is 11.2. The van der Waals surface area contributed by atoms with Crippen molar-refractivity contribution < 1.29 is 10.0 Å². The van der Waals surface area contributed by atoms with Gasteiger partial charge in [-0.15, -0.1) is 0 Å². The second kappa shape index (κ2) is 8.89. The Labute approximate surface area is 167 Å². The zero-order chi connectivity index (χ0) is 19.4. The highest BCUT2D eigenvalue weighted by Gasteiger charge is 2.22. The van der Waals surface area contributed by atoms with Gasteiger partial charge in [0, 0.05) is 41.8 Å². The summed E-state index contributed by atoms with van der Waals surface area (Å²) in [6.45, 7) is 2.37. The Morgan fingerprint density at radius 3 is 2.37 bits per heavy atom. The van der Waals surface area contributed by atoms with Gasteiger partial charge in [-0.05, 0) is 54.3 Å². The normalized spacial score (nSPS) is 15.7. The van der Waals surface area contributed by atoms with Gasteiger partial charge in [0.05, 0.1) is 11.5 Å². The van der Waals surface area contributed by atoms with Crippen LogP contribution >= 0.6 is 23.2 Å². The number of hydrogen-bond acceptors (Lipinski definition) is 5. The predicted molar refractivity (Wildman–Crippen MR) is 107 cm³/mol. The van der Waals surface area contributed by atoms with Crippen molar-refractivity contribution in [3.8, 4) is 0 Å². The number of hydrogen-bond donors (Lipinski definition) is 2. The molecule has 1 fully saturated rings. The van der Waals surface area contributed by atoms with E-state index in [9.17, 15) is 15.2 Å². The fourth-order valence-electron chi connectivity index (χ4n) is 3.37. The molecule has 1 aliphatic heterocycles. The Morgan fingerprint density at radius 1 is 1.11 bits per heavy atom. The number of nitrogens with zero attached hydrogens (tertiary/aromatic N) is 2. The maximum Gasteiger partial charge on any atom is 0.292 e. The molecule has 0 saturated carbocycles. The highest BCUT2D eigenvalue weighted by molar-refractivity contribution is 6.34. The minimum Gasteiger partial charge on any atom is -0.392 e. The quantitative estimate of drug-likeness (QED) is 0.543. The minimum atomic E-state index is -0.401. The zero-order valence-electron chi connectivity index (χ0n) is 14.7. The van der Waals surface area contributed by atoms with E-state index in [1.54, 1.807) is 18.2 Å². The Bertz CT molecular complexity index is 804. The van der Waals surface area contributed by atoms with E-state index in [0.717, 1.165) is 38.0 Å². The molecule has 0 atom stereocenters. The summed E-state index contributed by atoms with van der Waals surface area (Å²) in [5.74, 6) is 0. The van der Waals surface area contributed by atoms with Crippen molar-refractivity contribution in [1.29, 1.82) is 0 Å². The third-order valence-electron chi connectivity index (χ3n) is 4.72. The number of halogens is 2. The van der Waals surface area contributed by atoms with Gasteiger partial charge < -0.3 is 10.4 Å².